The average Bonchev–Trinajstić information content (AvgIpc) is 2.72. The molecule has 0 saturated heterocycles. The van der Waals surface area contributed by atoms with E-state index in [9.17, 15) is 4.21 Å². The summed E-state index contributed by atoms with van der Waals surface area (Å²) in [7, 11) is -3.59. The molecule has 0 aromatic heterocycles. The first kappa shape index (κ1) is 25.7. The quantitative estimate of drug-likeness (QED) is 0.262. The number of rotatable bonds is 10. The van der Waals surface area contributed by atoms with Gasteiger partial charge in [-0.05, 0) is 55.4 Å². The normalized spacial score (nSPS) is 14.1. The first-order valence-electron chi connectivity index (χ1n) is 11.3. The molecule has 0 spiro atoms. The fourth-order valence-electron chi connectivity index (χ4n) is 3.78. The molecule has 0 fully saturated rings. The Morgan fingerprint density at radius 3 is 1.81 bits per heavy atom. The number of hydrogen-bond donors (Lipinski definition) is 0. The number of benzene rings is 2. The first-order valence-corrected chi connectivity index (χ1v) is 14.3. The van der Waals surface area contributed by atoms with Gasteiger partial charge in [0.1, 0.15) is 11.0 Å². The van der Waals surface area contributed by atoms with E-state index in [2.05, 4.69) is 85.8 Å². The van der Waals surface area contributed by atoms with Gasteiger partial charge in [-0.1, -0.05) is 87.9 Å². The molecule has 0 aliphatic carbocycles. The highest BCUT2D eigenvalue weighted by Gasteiger charge is 2.49. The molecule has 0 heterocycles. The molecule has 31 heavy (non-hydrogen) atoms. The maximum absolute atomic E-state index is 12.0. The monoisotopic (exact) mass is 457 g/mol. The highest BCUT2D eigenvalue weighted by Crippen LogP contribution is 2.36. The molecule has 2 rings (SSSR count). The molecule has 170 valence electrons. The van der Waals surface area contributed by atoms with Crippen molar-refractivity contribution in [3.05, 3.63) is 60.7 Å². The summed E-state index contributed by atoms with van der Waals surface area (Å²) in [4.78, 5) is 0. The van der Waals surface area contributed by atoms with E-state index < -0.39 is 19.3 Å². The smallest absolute Gasteiger partial charge is 0.261 e. The van der Waals surface area contributed by atoms with E-state index in [-0.39, 0.29) is 9.79 Å². The van der Waals surface area contributed by atoms with E-state index in [4.69, 9.17) is 4.43 Å². The largest absolute Gasteiger partial charge is 0.407 e. The summed E-state index contributed by atoms with van der Waals surface area (Å²) in [5.41, 5.74) is 0. The summed E-state index contributed by atoms with van der Waals surface area (Å²) in [6, 6.07) is 21.6. The van der Waals surface area contributed by atoms with Crippen LogP contribution in [0.3, 0.4) is 0 Å². The van der Waals surface area contributed by atoms with Crippen LogP contribution >= 0.6 is 0 Å². The highest BCUT2D eigenvalue weighted by atomic mass is 32.2. The van der Waals surface area contributed by atoms with Crippen LogP contribution in [-0.2, 0) is 15.4 Å². The molecule has 3 nitrogen and oxygen atoms in total. The average molecular weight is 458 g/mol. The van der Waals surface area contributed by atoms with Gasteiger partial charge in [0.05, 0.1) is 4.75 Å². The summed E-state index contributed by atoms with van der Waals surface area (Å²) in [6.07, 6.45) is 5.81. The van der Waals surface area contributed by atoms with Gasteiger partial charge in [-0.15, -0.1) is 0 Å². The van der Waals surface area contributed by atoms with Crippen molar-refractivity contribution in [2.75, 3.05) is 6.61 Å². The summed E-state index contributed by atoms with van der Waals surface area (Å²) in [5, 5.41) is 2.66. The number of nitrogens with zero attached hydrogens (tertiary/aromatic N) is 1. The molecule has 2 aromatic carbocycles. The third kappa shape index (κ3) is 6.96. The minimum Gasteiger partial charge on any atom is -0.407 e. The van der Waals surface area contributed by atoms with Crippen LogP contribution in [0.25, 0.3) is 0 Å². The van der Waals surface area contributed by atoms with E-state index >= 15 is 0 Å². The third-order valence-corrected chi connectivity index (χ3v) is 11.8. The Bertz CT molecular complexity index is 800. The molecular formula is C26H39NO2SSi. The van der Waals surface area contributed by atoms with Gasteiger partial charge in [0.25, 0.3) is 8.32 Å². The maximum atomic E-state index is 12.0. The summed E-state index contributed by atoms with van der Waals surface area (Å²) in [6.45, 7) is 13.5. The molecule has 0 bridgehead atoms. The molecule has 0 saturated carbocycles. The van der Waals surface area contributed by atoms with Crippen molar-refractivity contribution in [1.82, 2.24) is 0 Å². The fourth-order valence-corrected chi connectivity index (χ4v) is 8.94. The van der Waals surface area contributed by atoms with Crippen LogP contribution in [0.2, 0.25) is 5.04 Å². The van der Waals surface area contributed by atoms with Crippen molar-refractivity contribution >= 4 is 35.9 Å². The second kappa shape index (κ2) is 11.3. The van der Waals surface area contributed by atoms with Crippen molar-refractivity contribution in [2.24, 2.45) is 4.40 Å². The minimum atomic E-state index is -2.43. The van der Waals surface area contributed by atoms with Crippen molar-refractivity contribution < 1.29 is 8.63 Å². The van der Waals surface area contributed by atoms with Crippen LogP contribution in [0.1, 0.15) is 67.2 Å². The van der Waals surface area contributed by atoms with Gasteiger partial charge >= 0.3 is 0 Å². The standard InChI is InChI=1S/C26H39NO2SSi/c1-25(2,3)30(28)27-21-15-7-8-16-22-29-31(26(4,5)6,23-17-11-9-12-18-23)24-19-13-10-14-20-24/h9-14,17-21H,7-8,15-16,22H2,1-6H3/b27-21+. The SMILES string of the molecule is CC(C)(C)S(=O)/N=C/CCCCCO[Si](c1ccccc1)(c1ccccc1)C(C)(C)C. The first-order chi connectivity index (χ1) is 14.6. The molecule has 0 aliphatic heterocycles. The van der Waals surface area contributed by atoms with Crippen LogP contribution in [-0.4, -0.2) is 30.1 Å². The van der Waals surface area contributed by atoms with Gasteiger partial charge in [-0.2, -0.15) is 4.40 Å². The Kier molecular flexibility index (Phi) is 9.40. The molecule has 0 radical (unpaired) electrons. The van der Waals surface area contributed by atoms with Crippen molar-refractivity contribution in [1.29, 1.82) is 0 Å². The number of unbranched alkanes of at least 4 members (excludes halogenated alkanes) is 3. The van der Waals surface area contributed by atoms with Crippen molar-refractivity contribution in [2.45, 2.75) is 77.0 Å². The lowest BCUT2D eigenvalue weighted by molar-refractivity contribution is 0.287. The molecular weight excluding hydrogens is 418 g/mol. The maximum Gasteiger partial charge on any atom is 0.261 e. The van der Waals surface area contributed by atoms with Crippen LogP contribution in [0.5, 0.6) is 0 Å². The van der Waals surface area contributed by atoms with Gasteiger partial charge in [0.15, 0.2) is 0 Å². The lowest BCUT2D eigenvalue weighted by Gasteiger charge is -2.43. The van der Waals surface area contributed by atoms with Crippen LogP contribution < -0.4 is 10.4 Å². The Labute approximate surface area is 193 Å². The third-order valence-electron chi connectivity index (χ3n) is 5.41. The molecule has 0 amide bonds. The zero-order valence-electron chi connectivity index (χ0n) is 20.1. The molecule has 0 aliphatic rings. The van der Waals surface area contributed by atoms with E-state index in [0.717, 1.165) is 32.3 Å². The van der Waals surface area contributed by atoms with Gasteiger partial charge < -0.3 is 4.43 Å². The minimum absolute atomic E-state index is 0.0133. The zero-order chi connectivity index (χ0) is 23.0. The second-order valence-electron chi connectivity index (χ2n) is 10.0. The predicted octanol–water partition coefficient (Wildman–Crippen LogP) is 5.66. The predicted molar refractivity (Wildman–Crippen MR) is 138 cm³/mol. The van der Waals surface area contributed by atoms with Crippen LogP contribution in [0.4, 0.5) is 0 Å². The molecule has 5 heteroatoms. The Morgan fingerprint density at radius 2 is 1.35 bits per heavy atom. The van der Waals surface area contributed by atoms with Crippen molar-refractivity contribution in [3.8, 4) is 0 Å². The summed E-state index contributed by atoms with van der Waals surface area (Å²) in [5.74, 6) is 0. The van der Waals surface area contributed by atoms with Gasteiger partial charge in [-0.3, -0.25) is 0 Å². The molecule has 1 atom stereocenters. The molecule has 0 N–H and O–H groups in total. The lowest BCUT2D eigenvalue weighted by Crippen LogP contribution is -2.66. The summed E-state index contributed by atoms with van der Waals surface area (Å²) >= 11 is 0. The van der Waals surface area contributed by atoms with E-state index in [1.54, 1.807) is 0 Å². The van der Waals surface area contributed by atoms with E-state index in [0.29, 0.717) is 0 Å². The van der Waals surface area contributed by atoms with E-state index in [1.807, 2.05) is 27.0 Å². The molecule has 1 unspecified atom stereocenters. The van der Waals surface area contributed by atoms with E-state index in [1.165, 1.54) is 10.4 Å². The second-order valence-corrected chi connectivity index (χ2v) is 16.3. The number of hydrogen-bond acceptors (Lipinski definition) is 2. The lowest BCUT2D eigenvalue weighted by atomic mass is 10.2. The summed E-state index contributed by atoms with van der Waals surface area (Å²) < 4.78 is 22.8. The van der Waals surface area contributed by atoms with Gasteiger partial charge in [-0.25, -0.2) is 4.21 Å². The highest BCUT2D eigenvalue weighted by molar-refractivity contribution is 7.85. The van der Waals surface area contributed by atoms with Gasteiger partial charge in [0, 0.05) is 12.8 Å². The fraction of sp³-hybridized carbons (Fsp3) is 0.500. The van der Waals surface area contributed by atoms with Gasteiger partial charge in [0.2, 0.25) is 0 Å². The Morgan fingerprint density at radius 1 is 0.839 bits per heavy atom. The van der Waals surface area contributed by atoms with Crippen molar-refractivity contribution in [3.63, 3.8) is 0 Å². The zero-order valence-corrected chi connectivity index (χ0v) is 21.9. The topological polar surface area (TPSA) is 38.7 Å². The Hall–Kier alpha value is -1.56. The molecule has 2 aromatic rings. The van der Waals surface area contributed by atoms with Crippen LogP contribution in [0.15, 0.2) is 65.1 Å². The Balaban J connectivity index is 2.04. The van der Waals surface area contributed by atoms with Crippen LogP contribution in [0, 0.1) is 0 Å².